The highest BCUT2D eigenvalue weighted by Crippen LogP contribution is 2.26. The van der Waals surface area contributed by atoms with Crippen molar-refractivity contribution in [2.75, 3.05) is 5.32 Å². The van der Waals surface area contributed by atoms with E-state index in [1.807, 2.05) is 12.1 Å². The van der Waals surface area contributed by atoms with Gasteiger partial charge in [0.15, 0.2) is 5.78 Å². The maximum atomic E-state index is 12.4. The summed E-state index contributed by atoms with van der Waals surface area (Å²) in [5, 5.41) is 2.71. The molecule has 2 rings (SSSR count). The lowest BCUT2D eigenvalue weighted by molar-refractivity contribution is -0.114. The fourth-order valence-electron chi connectivity index (χ4n) is 2.70. The van der Waals surface area contributed by atoms with Crippen molar-refractivity contribution in [1.82, 2.24) is 0 Å². The number of hydrogen-bond donors (Lipinski definition) is 1. The predicted molar refractivity (Wildman–Crippen MR) is 76.3 cm³/mol. The average molecular weight is 259 g/mol. The van der Waals surface area contributed by atoms with Crippen LogP contribution in [0, 0.1) is 5.92 Å². The van der Waals surface area contributed by atoms with E-state index in [9.17, 15) is 9.59 Å². The molecule has 3 nitrogen and oxygen atoms in total. The van der Waals surface area contributed by atoms with Gasteiger partial charge in [-0.15, -0.1) is 0 Å². The van der Waals surface area contributed by atoms with Crippen molar-refractivity contribution in [2.45, 2.75) is 45.4 Å². The molecule has 3 heteroatoms. The Bertz CT molecular complexity index is 442. The molecular weight excluding hydrogens is 238 g/mol. The van der Waals surface area contributed by atoms with E-state index in [-0.39, 0.29) is 17.6 Å². The van der Waals surface area contributed by atoms with E-state index in [1.54, 1.807) is 12.1 Å². The van der Waals surface area contributed by atoms with Gasteiger partial charge in [0, 0.05) is 24.1 Å². The summed E-state index contributed by atoms with van der Waals surface area (Å²) in [6.45, 7) is 1.48. The lowest BCUT2D eigenvalue weighted by Gasteiger charge is -2.13. The summed E-state index contributed by atoms with van der Waals surface area (Å²) in [4.78, 5) is 23.3. The number of benzene rings is 1. The zero-order valence-corrected chi connectivity index (χ0v) is 11.4. The van der Waals surface area contributed by atoms with E-state index in [2.05, 4.69) is 5.32 Å². The highest BCUT2D eigenvalue weighted by molar-refractivity contribution is 5.98. The van der Waals surface area contributed by atoms with Gasteiger partial charge in [0.05, 0.1) is 0 Å². The standard InChI is InChI=1S/C16H21NO2/c1-12(18)17-15-10-8-14(9-11-15)16(19)13-6-4-2-3-5-7-13/h8-11,13H,2-7H2,1H3,(H,17,18). The molecule has 19 heavy (non-hydrogen) atoms. The molecule has 0 spiro atoms. The number of anilines is 1. The van der Waals surface area contributed by atoms with Crippen molar-refractivity contribution in [3.8, 4) is 0 Å². The molecule has 0 heterocycles. The molecule has 0 radical (unpaired) electrons. The molecule has 0 bridgehead atoms. The molecule has 1 N–H and O–H groups in total. The number of nitrogens with one attached hydrogen (secondary N) is 1. The van der Waals surface area contributed by atoms with Crippen molar-refractivity contribution in [1.29, 1.82) is 0 Å². The van der Waals surface area contributed by atoms with E-state index in [0.717, 1.165) is 24.1 Å². The second kappa shape index (κ2) is 6.50. The van der Waals surface area contributed by atoms with Gasteiger partial charge in [0.25, 0.3) is 0 Å². The van der Waals surface area contributed by atoms with Crippen molar-refractivity contribution in [2.24, 2.45) is 5.92 Å². The number of hydrogen-bond acceptors (Lipinski definition) is 2. The van der Waals surface area contributed by atoms with Crippen LogP contribution in [0.4, 0.5) is 5.69 Å². The lowest BCUT2D eigenvalue weighted by Crippen LogP contribution is -2.14. The van der Waals surface area contributed by atoms with Crippen LogP contribution in [-0.2, 0) is 4.79 Å². The smallest absolute Gasteiger partial charge is 0.221 e. The van der Waals surface area contributed by atoms with Gasteiger partial charge in [0.1, 0.15) is 0 Å². The zero-order chi connectivity index (χ0) is 13.7. The third-order valence-electron chi connectivity index (χ3n) is 3.72. The van der Waals surface area contributed by atoms with Crippen molar-refractivity contribution >= 4 is 17.4 Å². The molecule has 1 aromatic carbocycles. The first-order valence-electron chi connectivity index (χ1n) is 7.08. The molecular formula is C16H21NO2. The second-order valence-electron chi connectivity index (χ2n) is 5.31. The van der Waals surface area contributed by atoms with Crippen molar-refractivity contribution in [3.63, 3.8) is 0 Å². The van der Waals surface area contributed by atoms with Gasteiger partial charge in [-0.05, 0) is 37.1 Å². The van der Waals surface area contributed by atoms with E-state index in [1.165, 1.54) is 32.6 Å². The Labute approximate surface area is 114 Å². The van der Waals surface area contributed by atoms with Gasteiger partial charge in [-0.25, -0.2) is 0 Å². The minimum absolute atomic E-state index is 0.0946. The SMILES string of the molecule is CC(=O)Nc1ccc(C(=O)C2CCCCCC2)cc1. The molecule has 0 aromatic heterocycles. The molecule has 1 amide bonds. The Morgan fingerprint density at radius 2 is 1.58 bits per heavy atom. The number of amides is 1. The van der Waals surface area contributed by atoms with Gasteiger partial charge in [0.2, 0.25) is 5.91 Å². The van der Waals surface area contributed by atoms with Crippen LogP contribution < -0.4 is 5.32 Å². The molecule has 0 unspecified atom stereocenters. The van der Waals surface area contributed by atoms with Gasteiger partial charge in [-0.1, -0.05) is 25.7 Å². The summed E-state index contributed by atoms with van der Waals surface area (Å²) < 4.78 is 0. The molecule has 1 saturated carbocycles. The molecule has 102 valence electrons. The number of carbonyl (C=O) groups excluding carboxylic acids is 2. The normalized spacial score (nSPS) is 16.7. The summed E-state index contributed by atoms with van der Waals surface area (Å²) in [6, 6.07) is 7.23. The zero-order valence-electron chi connectivity index (χ0n) is 11.4. The number of carbonyl (C=O) groups is 2. The molecule has 1 aliphatic rings. The molecule has 0 atom stereocenters. The number of rotatable bonds is 3. The number of Topliss-reactive ketones (excluding diaryl/α,β-unsaturated/α-hetero) is 1. The van der Waals surface area contributed by atoms with Crippen LogP contribution in [0.1, 0.15) is 55.8 Å². The topological polar surface area (TPSA) is 46.2 Å². The Morgan fingerprint density at radius 3 is 2.11 bits per heavy atom. The highest BCUT2D eigenvalue weighted by atomic mass is 16.1. The first-order chi connectivity index (χ1) is 9.16. The summed E-state index contributed by atoms with van der Waals surface area (Å²) in [7, 11) is 0. The maximum Gasteiger partial charge on any atom is 0.221 e. The Hall–Kier alpha value is -1.64. The Morgan fingerprint density at radius 1 is 1.00 bits per heavy atom. The second-order valence-corrected chi connectivity index (χ2v) is 5.31. The molecule has 1 fully saturated rings. The third kappa shape index (κ3) is 3.91. The average Bonchev–Trinajstić information content (AvgIpc) is 2.67. The first-order valence-corrected chi connectivity index (χ1v) is 7.08. The van der Waals surface area contributed by atoms with E-state index in [0.29, 0.717) is 0 Å². The molecule has 0 saturated heterocycles. The summed E-state index contributed by atoms with van der Waals surface area (Å²) in [5.41, 5.74) is 1.51. The fraction of sp³-hybridized carbons (Fsp3) is 0.500. The minimum Gasteiger partial charge on any atom is -0.326 e. The maximum absolute atomic E-state index is 12.4. The Balaban J connectivity index is 2.04. The summed E-state index contributed by atoms with van der Waals surface area (Å²) in [6.07, 6.45) is 6.88. The summed E-state index contributed by atoms with van der Waals surface area (Å²) in [5.74, 6) is 0.355. The number of ketones is 1. The van der Waals surface area contributed by atoms with Crippen LogP contribution in [0.15, 0.2) is 24.3 Å². The van der Waals surface area contributed by atoms with E-state index >= 15 is 0 Å². The van der Waals surface area contributed by atoms with Gasteiger partial charge in [-0.3, -0.25) is 9.59 Å². The van der Waals surface area contributed by atoms with Gasteiger partial charge in [-0.2, -0.15) is 0 Å². The quantitative estimate of drug-likeness (QED) is 0.663. The Kier molecular flexibility index (Phi) is 4.72. The van der Waals surface area contributed by atoms with E-state index in [4.69, 9.17) is 0 Å². The predicted octanol–water partition coefficient (Wildman–Crippen LogP) is 3.80. The first kappa shape index (κ1) is 13.8. The highest BCUT2D eigenvalue weighted by Gasteiger charge is 2.21. The summed E-state index contributed by atoms with van der Waals surface area (Å²) >= 11 is 0. The van der Waals surface area contributed by atoms with Crippen LogP contribution in [0.25, 0.3) is 0 Å². The fourth-order valence-corrected chi connectivity index (χ4v) is 2.70. The van der Waals surface area contributed by atoms with Crippen LogP contribution in [-0.4, -0.2) is 11.7 Å². The third-order valence-corrected chi connectivity index (χ3v) is 3.72. The van der Waals surface area contributed by atoms with Crippen LogP contribution in [0.3, 0.4) is 0 Å². The van der Waals surface area contributed by atoms with Crippen LogP contribution >= 0.6 is 0 Å². The molecule has 1 aromatic rings. The van der Waals surface area contributed by atoms with Crippen LogP contribution in [0.5, 0.6) is 0 Å². The van der Waals surface area contributed by atoms with Gasteiger partial charge < -0.3 is 5.32 Å². The monoisotopic (exact) mass is 259 g/mol. The minimum atomic E-state index is -0.0946. The van der Waals surface area contributed by atoms with Crippen LogP contribution in [0.2, 0.25) is 0 Å². The largest absolute Gasteiger partial charge is 0.326 e. The molecule has 0 aliphatic heterocycles. The van der Waals surface area contributed by atoms with Crippen molar-refractivity contribution in [3.05, 3.63) is 29.8 Å². The lowest BCUT2D eigenvalue weighted by atomic mass is 9.91. The van der Waals surface area contributed by atoms with E-state index < -0.39 is 0 Å². The van der Waals surface area contributed by atoms with Crippen molar-refractivity contribution < 1.29 is 9.59 Å². The molecule has 1 aliphatic carbocycles. The van der Waals surface area contributed by atoms with Gasteiger partial charge >= 0.3 is 0 Å².